The molecule has 1 atom stereocenters. The van der Waals surface area contributed by atoms with Crippen molar-refractivity contribution in [2.45, 2.75) is 33.6 Å². The molecule has 1 aromatic rings. The summed E-state index contributed by atoms with van der Waals surface area (Å²) in [6.07, 6.45) is 5.63. The molecule has 0 heteroatoms. The molecule has 1 aromatic carbocycles. The molecule has 0 fully saturated rings. The first-order valence-corrected chi connectivity index (χ1v) is 5.51. The number of rotatable bonds is 3. The van der Waals surface area contributed by atoms with E-state index in [4.69, 9.17) is 6.42 Å². The fraction of sp³-hybridized carbons (Fsp3) is 0.467. The van der Waals surface area contributed by atoms with E-state index in [1.54, 1.807) is 0 Å². The monoisotopic (exact) mass is 200 g/mol. The Kier molecular flexibility index (Phi) is 3.58. The average molecular weight is 200 g/mol. The van der Waals surface area contributed by atoms with Crippen molar-refractivity contribution in [3.8, 4) is 12.3 Å². The van der Waals surface area contributed by atoms with Gasteiger partial charge in [0.1, 0.15) is 0 Å². The van der Waals surface area contributed by atoms with E-state index < -0.39 is 0 Å². The lowest BCUT2D eigenvalue weighted by Crippen LogP contribution is -2.24. The van der Waals surface area contributed by atoms with Crippen LogP contribution in [0.15, 0.2) is 30.3 Å². The lowest BCUT2D eigenvalue weighted by atomic mass is 9.70. The molecule has 0 aliphatic rings. The summed E-state index contributed by atoms with van der Waals surface area (Å²) < 4.78 is 0. The Hall–Kier alpha value is -1.22. The van der Waals surface area contributed by atoms with Crippen molar-refractivity contribution in [2.75, 3.05) is 0 Å². The zero-order valence-corrected chi connectivity index (χ0v) is 10.1. The molecule has 0 radical (unpaired) electrons. The first kappa shape index (κ1) is 11.9. The molecule has 0 amide bonds. The summed E-state index contributed by atoms with van der Waals surface area (Å²) in [5.74, 6) is 3.90. The fourth-order valence-electron chi connectivity index (χ4n) is 2.39. The summed E-state index contributed by atoms with van der Waals surface area (Å²) in [5, 5.41) is 0. The molecule has 0 aliphatic heterocycles. The first-order chi connectivity index (χ1) is 6.99. The molecular formula is C15H20. The lowest BCUT2D eigenvalue weighted by Gasteiger charge is -2.33. The quantitative estimate of drug-likeness (QED) is 0.645. The van der Waals surface area contributed by atoms with Crippen molar-refractivity contribution in [1.82, 2.24) is 0 Å². The Morgan fingerprint density at radius 3 is 2.07 bits per heavy atom. The highest BCUT2D eigenvalue weighted by Crippen LogP contribution is 2.40. The van der Waals surface area contributed by atoms with E-state index in [0.717, 1.165) is 0 Å². The van der Waals surface area contributed by atoms with Crippen molar-refractivity contribution in [1.29, 1.82) is 0 Å². The highest BCUT2D eigenvalue weighted by atomic mass is 14.3. The first-order valence-electron chi connectivity index (χ1n) is 5.51. The minimum absolute atomic E-state index is 0.0878. The predicted octanol–water partition coefficient (Wildman–Crippen LogP) is 4.09. The van der Waals surface area contributed by atoms with Gasteiger partial charge in [-0.2, -0.15) is 0 Å². The van der Waals surface area contributed by atoms with E-state index in [0.29, 0.717) is 11.8 Å². The van der Waals surface area contributed by atoms with E-state index in [9.17, 15) is 0 Å². The molecule has 0 spiro atoms. The van der Waals surface area contributed by atoms with E-state index >= 15 is 0 Å². The zero-order valence-electron chi connectivity index (χ0n) is 10.1. The summed E-state index contributed by atoms with van der Waals surface area (Å²) in [6, 6.07) is 10.5. The van der Waals surface area contributed by atoms with E-state index in [-0.39, 0.29) is 5.41 Å². The third-order valence-electron chi connectivity index (χ3n) is 2.97. The maximum Gasteiger partial charge on any atom is 0.0326 e. The molecular weight excluding hydrogens is 180 g/mol. The van der Waals surface area contributed by atoms with Crippen LogP contribution in [0.25, 0.3) is 0 Å². The van der Waals surface area contributed by atoms with E-state index in [2.05, 4.69) is 57.9 Å². The van der Waals surface area contributed by atoms with Crippen LogP contribution in [-0.2, 0) is 0 Å². The molecule has 1 rings (SSSR count). The van der Waals surface area contributed by atoms with Crippen LogP contribution >= 0.6 is 0 Å². The van der Waals surface area contributed by atoms with Gasteiger partial charge in [0.25, 0.3) is 0 Å². The third-order valence-corrected chi connectivity index (χ3v) is 2.97. The minimum atomic E-state index is -0.0878. The Morgan fingerprint density at radius 2 is 1.67 bits per heavy atom. The molecule has 0 heterocycles. The average Bonchev–Trinajstić information content (AvgIpc) is 2.18. The van der Waals surface area contributed by atoms with Gasteiger partial charge in [-0.25, -0.2) is 0 Å². The van der Waals surface area contributed by atoms with Crippen LogP contribution in [0, 0.1) is 23.7 Å². The summed E-state index contributed by atoms with van der Waals surface area (Å²) in [7, 11) is 0. The number of terminal acetylenes is 1. The molecule has 15 heavy (non-hydrogen) atoms. The van der Waals surface area contributed by atoms with Gasteiger partial charge in [-0.05, 0) is 25.3 Å². The van der Waals surface area contributed by atoms with Gasteiger partial charge in [0.15, 0.2) is 0 Å². The van der Waals surface area contributed by atoms with Crippen molar-refractivity contribution in [3.05, 3.63) is 35.9 Å². The third kappa shape index (κ3) is 2.63. The van der Waals surface area contributed by atoms with E-state index in [1.165, 1.54) is 5.56 Å². The van der Waals surface area contributed by atoms with Crippen LogP contribution in [0.5, 0.6) is 0 Å². The Labute approximate surface area is 93.7 Å². The van der Waals surface area contributed by atoms with Crippen molar-refractivity contribution in [3.63, 3.8) is 0 Å². The van der Waals surface area contributed by atoms with Crippen LogP contribution in [-0.4, -0.2) is 0 Å². The maximum absolute atomic E-state index is 5.63. The molecule has 80 valence electrons. The molecule has 0 bridgehead atoms. The van der Waals surface area contributed by atoms with Gasteiger partial charge >= 0.3 is 0 Å². The second-order valence-electron chi connectivity index (χ2n) is 5.00. The van der Waals surface area contributed by atoms with E-state index in [1.807, 2.05) is 6.07 Å². The topological polar surface area (TPSA) is 0 Å². The highest BCUT2D eigenvalue weighted by Gasteiger charge is 2.31. The SMILES string of the molecule is C#CC(C)(C)C(c1ccccc1)C(C)C. The number of benzene rings is 1. The minimum Gasteiger partial charge on any atom is -0.120 e. The van der Waals surface area contributed by atoms with Gasteiger partial charge in [-0.1, -0.05) is 50.1 Å². The summed E-state index contributed by atoms with van der Waals surface area (Å²) in [4.78, 5) is 0. The van der Waals surface area contributed by atoms with Crippen molar-refractivity contribution >= 4 is 0 Å². The second-order valence-corrected chi connectivity index (χ2v) is 5.00. The standard InChI is InChI=1S/C15H20/c1-6-15(4,5)14(12(2)3)13-10-8-7-9-11-13/h1,7-12,14H,2-5H3. The van der Waals surface area contributed by atoms with Gasteiger partial charge in [-0.3, -0.25) is 0 Å². The number of hydrogen-bond acceptors (Lipinski definition) is 0. The molecule has 0 aromatic heterocycles. The molecule has 0 saturated carbocycles. The predicted molar refractivity (Wildman–Crippen MR) is 66.6 cm³/mol. The van der Waals surface area contributed by atoms with Crippen LogP contribution in [0.3, 0.4) is 0 Å². The van der Waals surface area contributed by atoms with Gasteiger partial charge in [0.2, 0.25) is 0 Å². The highest BCUT2D eigenvalue weighted by molar-refractivity contribution is 5.26. The summed E-state index contributed by atoms with van der Waals surface area (Å²) in [6.45, 7) is 8.75. The van der Waals surface area contributed by atoms with Crippen molar-refractivity contribution < 1.29 is 0 Å². The van der Waals surface area contributed by atoms with Crippen LogP contribution < -0.4 is 0 Å². The van der Waals surface area contributed by atoms with Crippen molar-refractivity contribution in [2.24, 2.45) is 11.3 Å². The largest absolute Gasteiger partial charge is 0.120 e. The van der Waals surface area contributed by atoms with Crippen LogP contribution in [0.4, 0.5) is 0 Å². The van der Waals surface area contributed by atoms with Crippen LogP contribution in [0.1, 0.15) is 39.2 Å². The summed E-state index contributed by atoms with van der Waals surface area (Å²) >= 11 is 0. The van der Waals surface area contributed by atoms with Gasteiger partial charge in [0.05, 0.1) is 0 Å². The summed E-state index contributed by atoms with van der Waals surface area (Å²) in [5.41, 5.74) is 1.26. The Morgan fingerprint density at radius 1 is 1.13 bits per heavy atom. The van der Waals surface area contributed by atoms with Crippen LogP contribution in [0.2, 0.25) is 0 Å². The smallest absolute Gasteiger partial charge is 0.0326 e. The van der Waals surface area contributed by atoms with Gasteiger partial charge in [-0.15, -0.1) is 6.42 Å². The Balaban J connectivity index is 3.11. The number of hydrogen-bond donors (Lipinski definition) is 0. The zero-order chi connectivity index (χ0) is 11.5. The molecule has 0 saturated heterocycles. The fourth-order valence-corrected chi connectivity index (χ4v) is 2.39. The molecule has 0 N–H and O–H groups in total. The maximum atomic E-state index is 5.63. The van der Waals surface area contributed by atoms with Gasteiger partial charge < -0.3 is 0 Å². The molecule has 0 nitrogen and oxygen atoms in total. The van der Waals surface area contributed by atoms with Gasteiger partial charge in [0, 0.05) is 11.3 Å². The second kappa shape index (κ2) is 4.53. The normalized spacial score (nSPS) is 13.6. The molecule has 0 aliphatic carbocycles. The molecule has 1 unspecified atom stereocenters. The Bertz CT molecular complexity index is 338. The lowest BCUT2D eigenvalue weighted by molar-refractivity contribution is 0.311.